The van der Waals surface area contributed by atoms with Crippen molar-refractivity contribution in [2.45, 2.75) is 182 Å². The van der Waals surface area contributed by atoms with Crippen molar-refractivity contribution >= 4 is 45.8 Å². The van der Waals surface area contributed by atoms with E-state index >= 15 is 0 Å². The molecule has 13 heteroatoms. The fourth-order valence-electron chi connectivity index (χ4n) is 7.67. The summed E-state index contributed by atoms with van der Waals surface area (Å²) < 4.78 is 20.5. The number of azide groups is 1. The number of aromatic nitrogens is 1. The molecular formula is C38H68N4O6SSi2. The van der Waals surface area contributed by atoms with Crippen molar-refractivity contribution in [3.8, 4) is 0 Å². The molecule has 1 fully saturated rings. The summed E-state index contributed by atoms with van der Waals surface area (Å²) in [5, 5.41) is 18.3. The number of thiazole rings is 1. The van der Waals surface area contributed by atoms with E-state index in [2.05, 4.69) is 63.5 Å². The maximum absolute atomic E-state index is 14.9. The van der Waals surface area contributed by atoms with Crippen LogP contribution in [-0.2, 0) is 23.2 Å². The molecule has 0 saturated carbocycles. The molecule has 2 heterocycles. The smallest absolute Gasteiger partial charge is 0.309 e. The van der Waals surface area contributed by atoms with Crippen LogP contribution in [0.1, 0.15) is 119 Å². The average molecular weight is 765 g/mol. The second-order valence-corrected chi connectivity index (χ2v) is 25.9. The summed E-state index contributed by atoms with van der Waals surface area (Å²) in [5.41, 5.74) is 10.00. The Kier molecular flexibility index (Phi) is 18.3. The zero-order chi connectivity index (χ0) is 38.6. The molecule has 290 valence electrons. The summed E-state index contributed by atoms with van der Waals surface area (Å²) in [5.74, 6) is -0.864. The van der Waals surface area contributed by atoms with E-state index < -0.39 is 58.3 Å². The number of ether oxygens (including phenoxy) is 1. The molecule has 0 radical (unpaired) electrons. The lowest BCUT2D eigenvalue weighted by Crippen LogP contribution is -2.53. The molecule has 1 aliphatic rings. The highest BCUT2D eigenvalue weighted by Crippen LogP contribution is 2.40. The average Bonchev–Trinajstić information content (AvgIpc) is 3.53. The SMILES string of the molecule is CC[Si](CC)(CC)OC1C(C)CCCC(O)C(N=[N+]=[N-])CC(C(C)=Cc2csc(C)n2)OC(=O)CC(O[Si](CC)(CC)CC)C(C)(C)C(=O)C1C. The topological polar surface area (TPSA) is 144 Å². The molecule has 7 unspecified atom stereocenters. The number of cyclic esters (lactones) is 1. The van der Waals surface area contributed by atoms with Gasteiger partial charge >= 0.3 is 5.97 Å². The van der Waals surface area contributed by atoms with E-state index in [4.69, 9.17) is 13.6 Å². The number of nitrogens with zero attached hydrogens (tertiary/aromatic N) is 4. The van der Waals surface area contributed by atoms with Crippen LogP contribution >= 0.6 is 11.3 Å². The maximum atomic E-state index is 14.9. The van der Waals surface area contributed by atoms with Gasteiger partial charge in [-0.2, -0.15) is 0 Å². The molecule has 0 aliphatic carbocycles. The van der Waals surface area contributed by atoms with Crippen molar-refractivity contribution in [2.24, 2.45) is 22.4 Å². The number of carbonyl (C=O) groups is 2. The fraction of sp³-hybridized carbons (Fsp3) is 0.816. The molecule has 0 spiro atoms. The Balaban J connectivity index is 2.74. The number of Topliss-reactive ketones (excluding diaryl/α,β-unsaturated/α-hetero) is 1. The van der Waals surface area contributed by atoms with Crippen molar-refractivity contribution in [1.29, 1.82) is 0 Å². The minimum absolute atomic E-state index is 0.0357. The van der Waals surface area contributed by atoms with Gasteiger partial charge in [-0.15, -0.1) is 11.3 Å². The lowest BCUT2D eigenvalue weighted by Gasteiger charge is -2.44. The minimum Gasteiger partial charge on any atom is -0.458 e. The lowest BCUT2D eigenvalue weighted by molar-refractivity contribution is -0.154. The molecule has 1 aromatic heterocycles. The number of ketones is 1. The van der Waals surface area contributed by atoms with Crippen LogP contribution in [0.25, 0.3) is 16.5 Å². The van der Waals surface area contributed by atoms with Crippen molar-refractivity contribution < 1.29 is 28.3 Å². The van der Waals surface area contributed by atoms with E-state index in [1.165, 1.54) is 11.3 Å². The number of rotatable bonds is 13. The Morgan fingerprint density at radius 2 is 1.63 bits per heavy atom. The molecule has 7 atom stereocenters. The van der Waals surface area contributed by atoms with Crippen molar-refractivity contribution in [1.82, 2.24) is 4.98 Å². The van der Waals surface area contributed by atoms with Crippen molar-refractivity contribution in [3.05, 3.63) is 32.1 Å². The van der Waals surface area contributed by atoms with Gasteiger partial charge in [-0.05, 0) is 92.5 Å². The van der Waals surface area contributed by atoms with E-state index in [1.807, 2.05) is 46.1 Å². The predicted octanol–water partition coefficient (Wildman–Crippen LogP) is 10.4. The van der Waals surface area contributed by atoms with Gasteiger partial charge in [0.2, 0.25) is 0 Å². The summed E-state index contributed by atoms with van der Waals surface area (Å²) in [6, 6.07) is 4.69. The van der Waals surface area contributed by atoms with Gasteiger partial charge in [-0.1, -0.05) is 80.8 Å². The molecule has 51 heavy (non-hydrogen) atoms. The summed E-state index contributed by atoms with van der Waals surface area (Å²) in [6.07, 6.45) is 0.938. The van der Waals surface area contributed by atoms with Crippen molar-refractivity contribution in [3.63, 3.8) is 0 Å². The van der Waals surface area contributed by atoms with E-state index in [1.54, 1.807) is 0 Å². The third-order valence-electron chi connectivity index (χ3n) is 12.0. The third kappa shape index (κ3) is 12.1. The molecule has 0 bridgehead atoms. The first kappa shape index (κ1) is 45.3. The van der Waals surface area contributed by atoms with E-state index in [-0.39, 0.29) is 30.6 Å². The molecular weight excluding hydrogens is 697 g/mol. The van der Waals surface area contributed by atoms with Crippen LogP contribution in [0.4, 0.5) is 0 Å². The fourth-order valence-corrected chi connectivity index (χ4v) is 14.2. The van der Waals surface area contributed by atoms with Crippen LogP contribution < -0.4 is 0 Å². The summed E-state index contributed by atoms with van der Waals surface area (Å²) in [6.45, 7) is 24.8. The number of esters is 1. The highest BCUT2D eigenvalue weighted by Gasteiger charge is 2.48. The largest absolute Gasteiger partial charge is 0.458 e. The Bertz CT molecular complexity index is 1320. The lowest BCUT2D eigenvalue weighted by atomic mass is 9.73. The van der Waals surface area contributed by atoms with Crippen LogP contribution in [0.15, 0.2) is 16.1 Å². The van der Waals surface area contributed by atoms with Gasteiger partial charge in [0.05, 0.1) is 41.5 Å². The maximum Gasteiger partial charge on any atom is 0.309 e. The van der Waals surface area contributed by atoms with E-state index in [9.17, 15) is 20.2 Å². The molecule has 0 amide bonds. The van der Waals surface area contributed by atoms with E-state index in [0.717, 1.165) is 59.0 Å². The van der Waals surface area contributed by atoms with Gasteiger partial charge in [0.25, 0.3) is 0 Å². The Morgan fingerprint density at radius 3 is 2.14 bits per heavy atom. The predicted molar refractivity (Wildman–Crippen MR) is 214 cm³/mol. The molecule has 1 aromatic rings. The second-order valence-electron chi connectivity index (χ2n) is 15.4. The standard InChI is InChI=1S/C38H68N4O6SSi2/c1-13-50(14-2,15-3)47-34-24-35(44)46-33(27(8)22-30-25-49-29(10)40-30)23-31(41-42-39)32(43)21-19-20-26(7)36(28(9)37(45)38(34,11)12)48-51(16-4,17-5)18-6/h22,25-26,28,31-34,36,43H,13-21,23-24H2,1-12H3. The van der Waals surface area contributed by atoms with Crippen molar-refractivity contribution in [2.75, 3.05) is 0 Å². The quantitative estimate of drug-likeness (QED) is 0.0692. The van der Waals surface area contributed by atoms with Crippen LogP contribution in [0, 0.1) is 24.2 Å². The summed E-state index contributed by atoms with van der Waals surface area (Å²) in [4.78, 5) is 36.7. The van der Waals surface area contributed by atoms with Crippen LogP contribution in [-0.4, -0.2) is 68.9 Å². The first-order valence-corrected chi connectivity index (χ1v) is 25.4. The van der Waals surface area contributed by atoms with Gasteiger partial charge in [-0.25, -0.2) is 4.98 Å². The Hall–Kier alpha value is -1.87. The van der Waals surface area contributed by atoms with Gasteiger partial charge in [-0.3, -0.25) is 9.59 Å². The van der Waals surface area contributed by atoms with Crippen LogP contribution in [0.2, 0.25) is 36.3 Å². The number of hydrogen-bond donors (Lipinski definition) is 1. The van der Waals surface area contributed by atoms with E-state index in [0.29, 0.717) is 12.8 Å². The number of aryl methyl sites for hydroxylation is 1. The normalized spacial score (nSPS) is 27.9. The highest BCUT2D eigenvalue weighted by atomic mass is 32.1. The third-order valence-corrected chi connectivity index (χ3v) is 22.0. The van der Waals surface area contributed by atoms with Gasteiger partial charge in [0.15, 0.2) is 16.6 Å². The molecule has 1 saturated heterocycles. The Morgan fingerprint density at radius 1 is 1.06 bits per heavy atom. The van der Waals surface area contributed by atoms with Crippen LogP contribution in [0.3, 0.4) is 0 Å². The zero-order valence-corrected chi connectivity index (χ0v) is 36.5. The molecule has 1 N–H and O–H groups in total. The van der Waals surface area contributed by atoms with Crippen LogP contribution in [0.5, 0.6) is 0 Å². The molecule has 2 rings (SSSR count). The minimum atomic E-state index is -2.29. The van der Waals surface area contributed by atoms with Gasteiger partial charge in [0, 0.05) is 21.6 Å². The zero-order valence-electron chi connectivity index (χ0n) is 33.7. The number of hydrogen-bond acceptors (Lipinski definition) is 9. The molecule has 1 aliphatic heterocycles. The Labute approximate surface area is 314 Å². The number of aliphatic hydroxyl groups excluding tert-OH is 1. The number of aliphatic hydroxyl groups is 1. The first-order chi connectivity index (χ1) is 24.0. The first-order valence-electron chi connectivity index (χ1n) is 19.4. The second kappa shape index (κ2) is 20.6. The van der Waals surface area contributed by atoms with Gasteiger partial charge in [0.1, 0.15) is 11.9 Å². The summed E-state index contributed by atoms with van der Waals surface area (Å²) >= 11 is 1.53. The highest BCUT2D eigenvalue weighted by molar-refractivity contribution is 7.09. The monoisotopic (exact) mass is 764 g/mol. The molecule has 10 nitrogen and oxygen atoms in total. The molecule has 0 aromatic carbocycles. The number of carbonyl (C=O) groups excluding carboxylic acids is 2. The van der Waals surface area contributed by atoms with Gasteiger partial charge < -0.3 is 18.7 Å². The summed E-state index contributed by atoms with van der Waals surface area (Å²) in [7, 11) is -4.41.